The standard InChI is InChI=1S/C22H29N3O3S/c1-3-24(4-2)19-15-13-18(14-16-19)23-22(26)21-12-8-9-17-25(21)29(27,28)20-10-6-5-7-11-20/h5-7,10-11,13-16,21H,3-4,8-9,12,17H2,1-2H3,(H,23,26). The second kappa shape index (κ2) is 9.41. The van der Waals surface area contributed by atoms with Gasteiger partial charge in [-0.2, -0.15) is 4.31 Å². The van der Waals surface area contributed by atoms with Gasteiger partial charge in [0, 0.05) is 31.0 Å². The molecule has 1 amide bonds. The van der Waals surface area contributed by atoms with Crippen molar-refractivity contribution in [3.63, 3.8) is 0 Å². The summed E-state index contributed by atoms with van der Waals surface area (Å²) in [5, 5.41) is 2.90. The molecular formula is C22H29N3O3S. The average molecular weight is 416 g/mol. The summed E-state index contributed by atoms with van der Waals surface area (Å²) < 4.78 is 27.5. The largest absolute Gasteiger partial charge is 0.372 e. The molecule has 0 aliphatic carbocycles. The van der Waals surface area contributed by atoms with Crippen molar-refractivity contribution in [2.45, 2.75) is 44.0 Å². The molecule has 0 saturated carbocycles. The van der Waals surface area contributed by atoms with Crippen LogP contribution in [0.2, 0.25) is 0 Å². The summed E-state index contributed by atoms with van der Waals surface area (Å²) in [6, 6.07) is 15.3. The van der Waals surface area contributed by atoms with Gasteiger partial charge < -0.3 is 10.2 Å². The molecule has 1 aliphatic heterocycles. The molecule has 1 saturated heterocycles. The van der Waals surface area contributed by atoms with Gasteiger partial charge in [-0.1, -0.05) is 24.6 Å². The lowest BCUT2D eigenvalue weighted by Crippen LogP contribution is -2.49. The Morgan fingerprint density at radius 1 is 1.03 bits per heavy atom. The Morgan fingerprint density at radius 3 is 2.31 bits per heavy atom. The Labute approximate surface area is 173 Å². The maximum Gasteiger partial charge on any atom is 0.243 e. The molecule has 2 aromatic rings. The molecule has 1 atom stereocenters. The number of sulfonamides is 1. The Hall–Kier alpha value is -2.38. The summed E-state index contributed by atoms with van der Waals surface area (Å²) in [4.78, 5) is 15.4. The first kappa shape index (κ1) is 21.3. The molecule has 1 fully saturated rings. The van der Waals surface area contributed by atoms with Gasteiger partial charge in [-0.25, -0.2) is 8.42 Å². The molecule has 3 rings (SSSR count). The summed E-state index contributed by atoms with van der Waals surface area (Å²) in [5.74, 6) is -0.278. The van der Waals surface area contributed by atoms with Crippen molar-refractivity contribution >= 4 is 27.3 Å². The van der Waals surface area contributed by atoms with Crippen molar-refractivity contribution in [3.05, 3.63) is 54.6 Å². The first-order chi connectivity index (χ1) is 14.0. The molecule has 1 aliphatic rings. The van der Waals surface area contributed by atoms with Crippen LogP contribution in [0.4, 0.5) is 11.4 Å². The maximum atomic E-state index is 13.1. The summed E-state index contributed by atoms with van der Waals surface area (Å²) in [6.07, 6.45) is 2.11. The minimum absolute atomic E-state index is 0.225. The highest BCUT2D eigenvalue weighted by Crippen LogP contribution is 2.26. The minimum Gasteiger partial charge on any atom is -0.372 e. The van der Waals surface area contributed by atoms with Gasteiger partial charge in [0.05, 0.1) is 4.90 Å². The maximum absolute atomic E-state index is 13.1. The molecule has 156 valence electrons. The van der Waals surface area contributed by atoms with Gasteiger partial charge in [0.25, 0.3) is 0 Å². The number of carbonyl (C=O) groups is 1. The second-order valence-corrected chi connectivity index (χ2v) is 9.04. The Kier molecular flexibility index (Phi) is 6.92. The topological polar surface area (TPSA) is 69.7 Å². The van der Waals surface area contributed by atoms with Crippen molar-refractivity contribution in [2.24, 2.45) is 0 Å². The Balaban J connectivity index is 1.76. The van der Waals surface area contributed by atoms with Crippen LogP contribution < -0.4 is 10.2 Å². The molecule has 0 bridgehead atoms. The minimum atomic E-state index is -3.71. The first-order valence-electron chi connectivity index (χ1n) is 10.2. The van der Waals surface area contributed by atoms with Crippen LogP contribution >= 0.6 is 0 Å². The fraction of sp³-hybridized carbons (Fsp3) is 0.409. The molecule has 29 heavy (non-hydrogen) atoms. The third kappa shape index (κ3) is 4.79. The third-order valence-corrected chi connectivity index (χ3v) is 7.29. The molecule has 6 nitrogen and oxygen atoms in total. The van der Waals surface area contributed by atoms with Gasteiger partial charge in [0.2, 0.25) is 15.9 Å². The lowest BCUT2D eigenvalue weighted by atomic mass is 10.0. The predicted octanol–water partition coefficient (Wildman–Crippen LogP) is 3.71. The zero-order chi connectivity index (χ0) is 20.9. The molecule has 0 spiro atoms. The molecule has 2 aromatic carbocycles. The van der Waals surface area contributed by atoms with Crippen molar-refractivity contribution in [1.82, 2.24) is 4.31 Å². The van der Waals surface area contributed by atoms with Crippen molar-refractivity contribution in [3.8, 4) is 0 Å². The van der Waals surface area contributed by atoms with Crippen LogP contribution in [0.3, 0.4) is 0 Å². The van der Waals surface area contributed by atoms with E-state index in [4.69, 9.17) is 0 Å². The van der Waals surface area contributed by atoms with Gasteiger partial charge in [0.1, 0.15) is 6.04 Å². The smallest absolute Gasteiger partial charge is 0.243 e. The van der Waals surface area contributed by atoms with Crippen LogP contribution in [0.1, 0.15) is 33.1 Å². The highest BCUT2D eigenvalue weighted by Gasteiger charge is 2.37. The van der Waals surface area contributed by atoms with E-state index in [1.807, 2.05) is 24.3 Å². The van der Waals surface area contributed by atoms with E-state index in [0.717, 1.165) is 31.6 Å². The van der Waals surface area contributed by atoms with E-state index in [-0.39, 0.29) is 10.8 Å². The van der Waals surface area contributed by atoms with E-state index in [2.05, 4.69) is 24.1 Å². The lowest BCUT2D eigenvalue weighted by molar-refractivity contribution is -0.120. The highest BCUT2D eigenvalue weighted by atomic mass is 32.2. The Morgan fingerprint density at radius 2 is 1.69 bits per heavy atom. The summed E-state index contributed by atoms with van der Waals surface area (Å²) in [5.41, 5.74) is 1.77. The number of hydrogen-bond acceptors (Lipinski definition) is 4. The predicted molar refractivity (Wildman–Crippen MR) is 117 cm³/mol. The van der Waals surface area contributed by atoms with Crippen LogP contribution in [0.15, 0.2) is 59.5 Å². The first-order valence-corrected chi connectivity index (χ1v) is 11.6. The number of nitrogens with one attached hydrogen (secondary N) is 1. The van der Waals surface area contributed by atoms with Crippen molar-refractivity contribution in [1.29, 1.82) is 0 Å². The number of hydrogen-bond donors (Lipinski definition) is 1. The monoisotopic (exact) mass is 415 g/mol. The summed E-state index contributed by atoms with van der Waals surface area (Å²) >= 11 is 0. The summed E-state index contributed by atoms with van der Waals surface area (Å²) in [7, 11) is -3.71. The second-order valence-electron chi connectivity index (χ2n) is 7.15. The number of benzene rings is 2. The van der Waals surface area contributed by atoms with Crippen molar-refractivity contribution < 1.29 is 13.2 Å². The van der Waals surface area contributed by atoms with Gasteiger partial charge >= 0.3 is 0 Å². The fourth-order valence-electron chi connectivity index (χ4n) is 3.75. The lowest BCUT2D eigenvalue weighted by Gasteiger charge is -2.33. The fourth-order valence-corrected chi connectivity index (χ4v) is 5.43. The zero-order valence-electron chi connectivity index (χ0n) is 17.0. The van der Waals surface area contributed by atoms with Crippen LogP contribution in [0.5, 0.6) is 0 Å². The van der Waals surface area contributed by atoms with E-state index >= 15 is 0 Å². The normalized spacial score (nSPS) is 17.7. The summed E-state index contributed by atoms with van der Waals surface area (Å²) in [6.45, 7) is 6.39. The SMILES string of the molecule is CCN(CC)c1ccc(NC(=O)C2CCCCN2S(=O)(=O)c2ccccc2)cc1. The number of anilines is 2. The van der Waals surface area contributed by atoms with Gasteiger partial charge in [0.15, 0.2) is 0 Å². The van der Waals surface area contributed by atoms with E-state index in [1.165, 1.54) is 4.31 Å². The van der Waals surface area contributed by atoms with E-state index in [0.29, 0.717) is 18.7 Å². The van der Waals surface area contributed by atoms with Gasteiger partial charge in [-0.05, 0) is 63.1 Å². The number of nitrogens with zero attached hydrogens (tertiary/aromatic N) is 2. The van der Waals surface area contributed by atoms with E-state index < -0.39 is 16.1 Å². The molecule has 0 radical (unpaired) electrons. The molecule has 1 N–H and O–H groups in total. The molecule has 7 heteroatoms. The zero-order valence-corrected chi connectivity index (χ0v) is 17.9. The van der Waals surface area contributed by atoms with Gasteiger partial charge in [-0.15, -0.1) is 0 Å². The average Bonchev–Trinajstić information content (AvgIpc) is 2.76. The van der Waals surface area contributed by atoms with E-state index in [1.54, 1.807) is 30.3 Å². The number of rotatable bonds is 7. The molecule has 0 aromatic heterocycles. The van der Waals surface area contributed by atoms with Crippen LogP contribution in [-0.2, 0) is 14.8 Å². The Bertz CT molecular complexity index is 910. The molecular weight excluding hydrogens is 386 g/mol. The van der Waals surface area contributed by atoms with Crippen LogP contribution in [0, 0.1) is 0 Å². The van der Waals surface area contributed by atoms with Crippen molar-refractivity contribution in [2.75, 3.05) is 29.9 Å². The van der Waals surface area contributed by atoms with E-state index in [9.17, 15) is 13.2 Å². The van der Waals surface area contributed by atoms with Crippen LogP contribution in [0.25, 0.3) is 0 Å². The number of carbonyl (C=O) groups excluding carboxylic acids is 1. The quantitative estimate of drug-likeness (QED) is 0.748. The van der Waals surface area contributed by atoms with Crippen LogP contribution in [-0.4, -0.2) is 44.3 Å². The number of piperidine rings is 1. The third-order valence-electron chi connectivity index (χ3n) is 5.37. The van der Waals surface area contributed by atoms with Gasteiger partial charge in [-0.3, -0.25) is 4.79 Å². The molecule has 1 heterocycles. The number of amides is 1. The molecule has 1 unspecified atom stereocenters. The highest BCUT2D eigenvalue weighted by molar-refractivity contribution is 7.89.